The fourth-order valence-electron chi connectivity index (χ4n) is 3.25. The van der Waals surface area contributed by atoms with Gasteiger partial charge in [-0.05, 0) is 25.3 Å². The minimum absolute atomic E-state index is 0.00922. The molecule has 0 aliphatic carbocycles. The van der Waals surface area contributed by atoms with E-state index >= 15 is 0 Å². The lowest BCUT2D eigenvalue weighted by atomic mass is 9.90. The highest BCUT2D eigenvalue weighted by molar-refractivity contribution is 5.94. The number of aromatic nitrogens is 2. The predicted molar refractivity (Wildman–Crippen MR) is 88.1 cm³/mol. The summed E-state index contributed by atoms with van der Waals surface area (Å²) >= 11 is 0. The zero-order chi connectivity index (χ0) is 16.2. The standard InChI is InChI=1S/C18H23N3O2/c1-14-16(13-22)8-5-9-21(14)18(23)17-10-19-20(12-17)11-15-6-3-2-4-7-15/h2-4,6-7,10,12,14,16,22H,5,8-9,11,13H2,1H3. The second-order valence-corrected chi connectivity index (χ2v) is 6.24. The van der Waals surface area contributed by atoms with E-state index in [9.17, 15) is 9.90 Å². The molecule has 1 aromatic carbocycles. The van der Waals surface area contributed by atoms with Gasteiger partial charge in [-0.15, -0.1) is 0 Å². The number of likely N-dealkylation sites (tertiary alicyclic amines) is 1. The number of amides is 1. The molecule has 1 aromatic heterocycles. The van der Waals surface area contributed by atoms with Crippen LogP contribution in [0.3, 0.4) is 0 Å². The maximum atomic E-state index is 12.7. The third-order valence-electron chi connectivity index (χ3n) is 4.71. The van der Waals surface area contributed by atoms with Gasteiger partial charge in [0.05, 0.1) is 18.3 Å². The monoisotopic (exact) mass is 313 g/mol. The quantitative estimate of drug-likeness (QED) is 0.941. The Bertz CT molecular complexity index is 653. The fourth-order valence-corrected chi connectivity index (χ4v) is 3.25. The van der Waals surface area contributed by atoms with E-state index in [1.54, 1.807) is 10.9 Å². The molecule has 0 spiro atoms. The summed E-state index contributed by atoms with van der Waals surface area (Å²) in [5.41, 5.74) is 1.77. The number of hydrogen-bond acceptors (Lipinski definition) is 3. The van der Waals surface area contributed by atoms with E-state index in [2.05, 4.69) is 5.10 Å². The Hall–Kier alpha value is -2.14. The molecule has 122 valence electrons. The van der Waals surface area contributed by atoms with Crippen LogP contribution in [-0.4, -0.2) is 44.9 Å². The number of benzene rings is 1. The molecule has 5 heteroatoms. The summed E-state index contributed by atoms with van der Waals surface area (Å²) < 4.78 is 1.79. The number of aliphatic hydroxyl groups excluding tert-OH is 1. The SMILES string of the molecule is CC1C(CO)CCCN1C(=O)c1cnn(Cc2ccccc2)c1. The van der Waals surface area contributed by atoms with Gasteiger partial charge < -0.3 is 10.0 Å². The lowest BCUT2D eigenvalue weighted by Gasteiger charge is -2.38. The zero-order valence-corrected chi connectivity index (χ0v) is 13.4. The van der Waals surface area contributed by atoms with Crippen LogP contribution >= 0.6 is 0 Å². The first-order valence-electron chi connectivity index (χ1n) is 8.17. The average molecular weight is 313 g/mol. The lowest BCUT2D eigenvalue weighted by molar-refractivity contribution is 0.0428. The molecular weight excluding hydrogens is 290 g/mol. The third kappa shape index (κ3) is 3.45. The highest BCUT2D eigenvalue weighted by Crippen LogP contribution is 2.24. The lowest BCUT2D eigenvalue weighted by Crippen LogP contribution is -2.47. The van der Waals surface area contributed by atoms with Crippen molar-refractivity contribution in [2.24, 2.45) is 5.92 Å². The van der Waals surface area contributed by atoms with E-state index in [4.69, 9.17) is 0 Å². The van der Waals surface area contributed by atoms with Crippen molar-refractivity contribution in [1.82, 2.24) is 14.7 Å². The van der Waals surface area contributed by atoms with Crippen molar-refractivity contribution in [1.29, 1.82) is 0 Å². The molecule has 23 heavy (non-hydrogen) atoms. The number of nitrogens with zero attached hydrogens (tertiary/aromatic N) is 3. The van der Waals surface area contributed by atoms with Crippen molar-refractivity contribution in [3.63, 3.8) is 0 Å². The molecule has 3 rings (SSSR count). The maximum absolute atomic E-state index is 12.7. The molecular formula is C18H23N3O2. The van der Waals surface area contributed by atoms with Gasteiger partial charge in [-0.1, -0.05) is 30.3 Å². The molecule has 2 heterocycles. The predicted octanol–water partition coefficient (Wildman–Crippen LogP) is 2.16. The summed E-state index contributed by atoms with van der Waals surface area (Å²) in [6, 6.07) is 10.1. The molecule has 0 radical (unpaired) electrons. The van der Waals surface area contributed by atoms with Crippen molar-refractivity contribution in [2.45, 2.75) is 32.4 Å². The van der Waals surface area contributed by atoms with Gasteiger partial charge in [0.25, 0.3) is 5.91 Å². The first-order valence-corrected chi connectivity index (χ1v) is 8.17. The molecule has 2 atom stereocenters. The van der Waals surface area contributed by atoms with Crippen LogP contribution in [0.5, 0.6) is 0 Å². The summed E-state index contributed by atoms with van der Waals surface area (Å²) in [6.45, 7) is 3.56. The Labute approximate surface area is 136 Å². The average Bonchev–Trinajstić information content (AvgIpc) is 3.04. The van der Waals surface area contributed by atoms with Crippen LogP contribution in [0.25, 0.3) is 0 Å². The number of piperidine rings is 1. The number of hydrogen-bond donors (Lipinski definition) is 1. The largest absolute Gasteiger partial charge is 0.396 e. The molecule has 1 N–H and O–H groups in total. The summed E-state index contributed by atoms with van der Waals surface area (Å²) in [6.07, 6.45) is 5.37. The second-order valence-electron chi connectivity index (χ2n) is 6.24. The van der Waals surface area contributed by atoms with E-state index in [-0.39, 0.29) is 24.5 Å². The smallest absolute Gasteiger partial charge is 0.257 e. The number of carbonyl (C=O) groups excluding carboxylic acids is 1. The van der Waals surface area contributed by atoms with Crippen LogP contribution in [0, 0.1) is 5.92 Å². The van der Waals surface area contributed by atoms with Crippen LogP contribution in [0.2, 0.25) is 0 Å². The van der Waals surface area contributed by atoms with E-state index < -0.39 is 0 Å². The molecule has 1 fully saturated rings. The molecule has 0 saturated carbocycles. The zero-order valence-electron chi connectivity index (χ0n) is 13.4. The first kappa shape index (κ1) is 15.7. The Balaban J connectivity index is 1.71. The van der Waals surface area contributed by atoms with Crippen molar-refractivity contribution in [3.8, 4) is 0 Å². The van der Waals surface area contributed by atoms with Crippen molar-refractivity contribution in [2.75, 3.05) is 13.2 Å². The molecule has 0 bridgehead atoms. The minimum Gasteiger partial charge on any atom is -0.396 e. The van der Waals surface area contributed by atoms with Crippen LogP contribution in [0.4, 0.5) is 0 Å². The van der Waals surface area contributed by atoms with Crippen molar-refractivity contribution < 1.29 is 9.90 Å². The third-order valence-corrected chi connectivity index (χ3v) is 4.71. The Morgan fingerprint density at radius 1 is 1.35 bits per heavy atom. The van der Waals surface area contributed by atoms with Gasteiger partial charge in [0, 0.05) is 31.3 Å². The molecule has 1 saturated heterocycles. The molecule has 2 unspecified atom stereocenters. The highest BCUT2D eigenvalue weighted by Gasteiger charge is 2.31. The molecule has 1 aliphatic heterocycles. The normalized spacial score (nSPS) is 21.4. The molecule has 1 amide bonds. The number of aliphatic hydroxyl groups is 1. The Morgan fingerprint density at radius 2 is 2.13 bits per heavy atom. The molecule has 5 nitrogen and oxygen atoms in total. The summed E-state index contributed by atoms with van der Waals surface area (Å²) in [5, 5.41) is 13.8. The van der Waals surface area contributed by atoms with Gasteiger partial charge in [0.15, 0.2) is 0 Å². The highest BCUT2D eigenvalue weighted by atomic mass is 16.3. The van der Waals surface area contributed by atoms with E-state index in [1.807, 2.05) is 48.4 Å². The van der Waals surface area contributed by atoms with Crippen LogP contribution < -0.4 is 0 Å². The summed E-state index contributed by atoms with van der Waals surface area (Å²) in [4.78, 5) is 14.6. The Kier molecular flexibility index (Phi) is 4.76. The Morgan fingerprint density at radius 3 is 2.87 bits per heavy atom. The summed E-state index contributed by atoms with van der Waals surface area (Å²) in [5.74, 6) is 0.182. The number of carbonyl (C=O) groups is 1. The van der Waals surface area contributed by atoms with Crippen molar-refractivity contribution >= 4 is 5.91 Å². The second kappa shape index (κ2) is 6.96. The van der Waals surface area contributed by atoms with Crippen LogP contribution in [0.15, 0.2) is 42.7 Å². The topological polar surface area (TPSA) is 58.4 Å². The fraction of sp³-hybridized carbons (Fsp3) is 0.444. The van der Waals surface area contributed by atoms with Gasteiger partial charge in [0.2, 0.25) is 0 Å². The van der Waals surface area contributed by atoms with Crippen LogP contribution in [0.1, 0.15) is 35.7 Å². The number of rotatable bonds is 4. The van der Waals surface area contributed by atoms with Gasteiger partial charge in [-0.3, -0.25) is 9.48 Å². The van der Waals surface area contributed by atoms with E-state index in [0.29, 0.717) is 12.1 Å². The first-order chi connectivity index (χ1) is 11.2. The summed E-state index contributed by atoms with van der Waals surface area (Å²) in [7, 11) is 0. The van der Waals surface area contributed by atoms with Crippen LogP contribution in [-0.2, 0) is 6.54 Å². The maximum Gasteiger partial charge on any atom is 0.257 e. The molecule has 2 aromatic rings. The van der Waals surface area contributed by atoms with E-state index in [1.165, 1.54) is 0 Å². The minimum atomic E-state index is 0.00922. The van der Waals surface area contributed by atoms with Gasteiger partial charge in [-0.2, -0.15) is 5.10 Å². The van der Waals surface area contributed by atoms with E-state index in [0.717, 1.165) is 24.9 Å². The van der Waals surface area contributed by atoms with Gasteiger partial charge >= 0.3 is 0 Å². The van der Waals surface area contributed by atoms with Gasteiger partial charge in [0.1, 0.15) is 0 Å². The molecule has 1 aliphatic rings. The van der Waals surface area contributed by atoms with Gasteiger partial charge in [-0.25, -0.2) is 0 Å². The van der Waals surface area contributed by atoms with Crippen molar-refractivity contribution in [3.05, 3.63) is 53.9 Å².